The Bertz CT molecular complexity index is 59.1. The molecule has 0 aromatic rings. The first-order valence-corrected chi connectivity index (χ1v) is 1.35. The monoisotopic (exact) mass is 115 g/mol. The van der Waals surface area contributed by atoms with E-state index in [1.807, 2.05) is 0 Å². The Hall–Kier alpha value is -0.250. The van der Waals surface area contributed by atoms with Gasteiger partial charge in [0.25, 0.3) is 0 Å². The molecule has 0 aliphatic heterocycles. The first kappa shape index (κ1) is 5.75. The third-order valence-corrected chi connectivity index (χ3v) is 0.173. The quantitative estimate of drug-likeness (QED) is 0.290. The third kappa shape index (κ3) is 3.75. The number of hydrogen-bond acceptors (Lipinski definition) is 2. The Labute approximate surface area is 37.1 Å². The zero-order valence-corrected chi connectivity index (χ0v) is 3.25. The molecule has 0 amide bonds. The zero-order valence-electron chi connectivity index (χ0n) is 2.49. The van der Waals surface area contributed by atoms with Gasteiger partial charge < -0.3 is 0 Å². The second-order valence-electron chi connectivity index (χ2n) is 0.559. The fourth-order valence-corrected chi connectivity index (χ4v) is 0. The van der Waals surface area contributed by atoms with Crippen LogP contribution in [0.4, 0.5) is 8.78 Å². The summed E-state index contributed by atoms with van der Waals surface area (Å²) in [7, 11) is 0. The molecule has 0 spiro atoms. The maximum Gasteiger partial charge on any atom is 0.459 e. The Kier molecular flexibility index (Phi) is 1.40. The van der Waals surface area contributed by atoms with Crippen LogP contribution in [0.15, 0.2) is 5.18 Å². The number of hydrogen-bond donors (Lipinski definition) is 0. The molecule has 0 aromatic carbocycles. The highest BCUT2D eigenvalue weighted by Gasteiger charge is 2.24. The average molecular weight is 115 g/mol. The fraction of sp³-hybridized carbons (Fsp3) is 1.00. The van der Waals surface area contributed by atoms with E-state index in [1.165, 1.54) is 5.18 Å². The van der Waals surface area contributed by atoms with Gasteiger partial charge in [0.15, 0.2) is 0 Å². The highest BCUT2D eigenvalue weighted by atomic mass is 35.5. The van der Waals surface area contributed by atoms with E-state index < -0.39 is 5.51 Å². The molecule has 36 valence electrons. The van der Waals surface area contributed by atoms with E-state index in [4.69, 9.17) is 4.91 Å². The van der Waals surface area contributed by atoms with Gasteiger partial charge >= 0.3 is 5.51 Å². The van der Waals surface area contributed by atoms with Crippen molar-refractivity contribution in [1.29, 1.82) is 0 Å². The van der Waals surface area contributed by atoms with Gasteiger partial charge in [0.1, 0.15) is 0 Å². The van der Waals surface area contributed by atoms with Gasteiger partial charge in [-0.1, -0.05) is 0 Å². The van der Waals surface area contributed by atoms with E-state index in [1.54, 1.807) is 0 Å². The molecule has 0 saturated carbocycles. The zero-order chi connectivity index (χ0) is 5.21. The summed E-state index contributed by atoms with van der Waals surface area (Å²) in [6.45, 7) is 0. The van der Waals surface area contributed by atoms with Crippen LogP contribution in [-0.2, 0) is 0 Å². The summed E-state index contributed by atoms with van der Waals surface area (Å²) in [6, 6.07) is 0. The van der Waals surface area contributed by atoms with Gasteiger partial charge in [0.2, 0.25) is 0 Å². The van der Waals surface area contributed by atoms with Crippen LogP contribution in [0.2, 0.25) is 0 Å². The molecule has 0 rings (SSSR count). The normalized spacial score (nSPS) is 11.2. The van der Waals surface area contributed by atoms with Crippen LogP contribution in [0.1, 0.15) is 0 Å². The van der Waals surface area contributed by atoms with Gasteiger partial charge in [-0.3, -0.25) is 0 Å². The minimum Gasteiger partial charge on any atom is -0.162 e. The summed E-state index contributed by atoms with van der Waals surface area (Å²) in [5, 5.41) is 1.20. The van der Waals surface area contributed by atoms with Gasteiger partial charge in [0.05, 0.1) is 0 Å². The smallest absolute Gasteiger partial charge is 0.162 e. The Balaban J connectivity index is 3.45. The van der Waals surface area contributed by atoms with Gasteiger partial charge in [0, 0.05) is 5.18 Å². The van der Waals surface area contributed by atoms with Crippen LogP contribution in [0.3, 0.4) is 0 Å². The van der Waals surface area contributed by atoms with Crippen LogP contribution in [0.25, 0.3) is 0 Å². The SMILES string of the molecule is O=NC(F)(F)Cl. The molecule has 5 heteroatoms. The summed E-state index contributed by atoms with van der Waals surface area (Å²) in [5.74, 6) is 0. The molecule has 0 aliphatic rings. The molecule has 0 aromatic heterocycles. The standard InChI is InChI=1S/CClF2NO/c2-1(3,4)5-6. The fourth-order valence-electron chi connectivity index (χ4n) is 0. The Morgan fingerprint density at radius 1 is 1.67 bits per heavy atom. The molecule has 0 heterocycles. The lowest BCUT2D eigenvalue weighted by molar-refractivity contribution is 0.105. The third-order valence-electron chi connectivity index (χ3n) is 0.104. The first-order valence-electron chi connectivity index (χ1n) is 0.973. The van der Waals surface area contributed by atoms with E-state index in [2.05, 4.69) is 11.6 Å². The second kappa shape index (κ2) is 1.47. The van der Waals surface area contributed by atoms with Gasteiger partial charge in [-0.2, -0.15) is 8.78 Å². The van der Waals surface area contributed by atoms with Crippen molar-refractivity contribution in [2.45, 2.75) is 5.51 Å². The molecule has 6 heavy (non-hydrogen) atoms. The lowest BCUT2D eigenvalue weighted by Crippen LogP contribution is -1.95. The van der Waals surface area contributed by atoms with E-state index in [0.717, 1.165) is 0 Å². The number of rotatable bonds is 1. The highest BCUT2D eigenvalue weighted by Crippen LogP contribution is 2.18. The van der Waals surface area contributed by atoms with E-state index in [0.29, 0.717) is 0 Å². The van der Waals surface area contributed by atoms with E-state index in [-0.39, 0.29) is 0 Å². The molecule has 0 aliphatic carbocycles. The maximum atomic E-state index is 10.7. The topological polar surface area (TPSA) is 29.4 Å². The van der Waals surface area contributed by atoms with Crippen LogP contribution in [0, 0.1) is 4.91 Å². The van der Waals surface area contributed by atoms with Crippen LogP contribution in [0.5, 0.6) is 0 Å². The molecule has 0 saturated heterocycles. The summed E-state index contributed by atoms with van der Waals surface area (Å²) in [6.07, 6.45) is 0. The first-order chi connectivity index (χ1) is 2.56. The van der Waals surface area contributed by atoms with Gasteiger partial charge in [-0.15, -0.1) is 4.91 Å². The Morgan fingerprint density at radius 3 is 1.83 bits per heavy atom. The van der Waals surface area contributed by atoms with Crippen LogP contribution < -0.4 is 0 Å². The lowest BCUT2D eigenvalue weighted by Gasteiger charge is -1.87. The molecule has 0 fully saturated rings. The molecule has 0 N–H and O–H groups in total. The van der Waals surface area contributed by atoms with Crippen molar-refractivity contribution >= 4 is 11.6 Å². The molecule has 0 unspecified atom stereocenters. The largest absolute Gasteiger partial charge is 0.459 e. The summed E-state index contributed by atoms with van der Waals surface area (Å²) in [5.41, 5.74) is -3.92. The molecular weight excluding hydrogens is 115 g/mol. The number of nitrogens with zero attached hydrogens (tertiary/aromatic N) is 1. The maximum absolute atomic E-state index is 10.7. The van der Waals surface area contributed by atoms with Crippen molar-refractivity contribution in [2.75, 3.05) is 0 Å². The minimum atomic E-state index is -3.92. The highest BCUT2D eigenvalue weighted by molar-refractivity contribution is 6.21. The number of nitroso groups, excluding NO2 is 1. The van der Waals surface area contributed by atoms with Crippen molar-refractivity contribution in [3.8, 4) is 0 Å². The average Bonchev–Trinajstić information content (AvgIpc) is 1.35. The lowest BCUT2D eigenvalue weighted by atomic mass is 11.3. The van der Waals surface area contributed by atoms with Gasteiger partial charge in [-0.25, -0.2) is 0 Å². The minimum absolute atomic E-state index is 1.20. The van der Waals surface area contributed by atoms with Crippen molar-refractivity contribution < 1.29 is 8.78 Å². The van der Waals surface area contributed by atoms with Crippen molar-refractivity contribution in [1.82, 2.24) is 0 Å². The van der Waals surface area contributed by atoms with Crippen molar-refractivity contribution in [3.05, 3.63) is 4.91 Å². The van der Waals surface area contributed by atoms with Crippen LogP contribution >= 0.6 is 11.6 Å². The summed E-state index contributed by atoms with van der Waals surface area (Å²) in [4.78, 5) is 8.69. The predicted octanol–water partition coefficient (Wildman–Crippen LogP) is 1.54. The molecule has 2 nitrogen and oxygen atoms in total. The number of alkyl halides is 3. The molecule has 0 atom stereocenters. The van der Waals surface area contributed by atoms with E-state index in [9.17, 15) is 8.78 Å². The molecular formula is CClF2NO. The van der Waals surface area contributed by atoms with Crippen molar-refractivity contribution in [3.63, 3.8) is 0 Å². The summed E-state index contributed by atoms with van der Waals surface area (Å²) >= 11 is 3.91. The van der Waals surface area contributed by atoms with E-state index >= 15 is 0 Å². The number of halogens is 3. The molecule has 0 bridgehead atoms. The molecule has 0 radical (unpaired) electrons. The second-order valence-corrected chi connectivity index (χ2v) is 1.01. The van der Waals surface area contributed by atoms with Crippen molar-refractivity contribution in [2.24, 2.45) is 5.18 Å². The summed E-state index contributed by atoms with van der Waals surface area (Å²) < 4.78 is 21.5. The Morgan fingerprint density at radius 2 is 1.83 bits per heavy atom. The van der Waals surface area contributed by atoms with Gasteiger partial charge in [-0.05, 0) is 11.6 Å². The predicted molar refractivity (Wildman–Crippen MR) is 16.6 cm³/mol. The van der Waals surface area contributed by atoms with Crippen LogP contribution in [-0.4, -0.2) is 5.51 Å².